The minimum Gasteiger partial charge on any atom is -0.345 e. The number of hydrogen-bond donors (Lipinski definition) is 1. The molecule has 1 amide bonds. The summed E-state index contributed by atoms with van der Waals surface area (Å²) >= 11 is 5.95. The number of rotatable bonds is 3. The van der Waals surface area contributed by atoms with Crippen molar-refractivity contribution in [2.24, 2.45) is 5.41 Å². The van der Waals surface area contributed by atoms with Crippen LogP contribution < -0.4 is 5.32 Å². The van der Waals surface area contributed by atoms with Crippen LogP contribution in [0, 0.1) is 12.3 Å². The van der Waals surface area contributed by atoms with Crippen LogP contribution >= 0.6 is 11.6 Å². The monoisotopic (exact) mass is 393 g/mol. The Morgan fingerprint density at radius 3 is 2.50 bits per heavy atom. The number of carbonyl (C=O) groups excluding carboxylic acids is 1. The van der Waals surface area contributed by atoms with Gasteiger partial charge in [0, 0.05) is 16.1 Å². The number of nitrogens with zero attached hydrogens (tertiary/aromatic N) is 2. The van der Waals surface area contributed by atoms with Gasteiger partial charge in [-0.3, -0.25) is 4.79 Å². The van der Waals surface area contributed by atoms with E-state index in [1.54, 1.807) is 24.3 Å². The van der Waals surface area contributed by atoms with Crippen molar-refractivity contribution in [2.75, 3.05) is 0 Å². The SMILES string of the molecule is Cc1nn(-c2ccccc2)c2c1C(NC(=O)c1ccc(Cl)cc1)CC(C)(C)C2. The molecule has 0 fully saturated rings. The number of fused-ring (bicyclic) bond motifs is 1. The molecule has 2 aromatic carbocycles. The zero-order valence-corrected chi connectivity index (χ0v) is 17.1. The van der Waals surface area contributed by atoms with E-state index in [9.17, 15) is 4.79 Å². The highest BCUT2D eigenvalue weighted by atomic mass is 35.5. The molecule has 5 heteroatoms. The van der Waals surface area contributed by atoms with Crippen molar-refractivity contribution in [3.8, 4) is 5.69 Å². The minimum absolute atomic E-state index is 0.0595. The van der Waals surface area contributed by atoms with Crippen LogP contribution in [0.3, 0.4) is 0 Å². The van der Waals surface area contributed by atoms with Crippen LogP contribution in [0.1, 0.15) is 53.6 Å². The minimum atomic E-state index is -0.0859. The Kier molecular flexibility index (Phi) is 4.76. The maximum atomic E-state index is 12.9. The normalized spacial score (nSPS) is 17.8. The van der Waals surface area contributed by atoms with Gasteiger partial charge in [-0.05, 0) is 61.6 Å². The second-order valence-corrected chi connectivity index (χ2v) is 8.71. The molecule has 0 spiro atoms. The van der Waals surface area contributed by atoms with Crippen molar-refractivity contribution in [2.45, 2.75) is 39.7 Å². The average Bonchev–Trinajstić information content (AvgIpc) is 2.98. The third kappa shape index (κ3) is 3.57. The molecule has 0 saturated heterocycles. The summed E-state index contributed by atoms with van der Waals surface area (Å²) in [6.45, 7) is 6.52. The van der Waals surface area contributed by atoms with E-state index in [-0.39, 0.29) is 17.4 Å². The highest BCUT2D eigenvalue weighted by Gasteiger charge is 2.37. The third-order valence-corrected chi connectivity index (χ3v) is 5.62. The summed E-state index contributed by atoms with van der Waals surface area (Å²) in [5, 5.41) is 8.68. The highest BCUT2D eigenvalue weighted by Crippen LogP contribution is 2.42. The lowest BCUT2D eigenvalue weighted by atomic mass is 9.73. The van der Waals surface area contributed by atoms with E-state index in [0.717, 1.165) is 29.8 Å². The molecule has 0 aliphatic heterocycles. The first-order chi connectivity index (χ1) is 13.3. The molecule has 1 aromatic heterocycles. The average molecular weight is 394 g/mol. The van der Waals surface area contributed by atoms with Crippen molar-refractivity contribution >= 4 is 17.5 Å². The fourth-order valence-electron chi connectivity index (χ4n) is 4.14. The van der Waals surface area contributed by atoms with Gasteiger partial charge in [-0.25, -0.2) is 4.68 Å². The largest absolute Gasteiger partial charge is 0.345 e. The fourth-order valence-corrected chi connectivity index (χ4v) is 4.27. The smallest absolute Gasteiger partial charge is 0.251 e. The number of para-hydroxylation sites is 1. The summed E-state index contributed by atoms with van der Waals surface area (Å²) in [7, 11) is 0. The van der Waals surface area contributed by atoms with E-state index in [1.807, 2.05) is 29.8 Å². The highest BCUT2D eigenvalue weighted by molar-refractivity contribution is 6.30. The van der Waals surface area contributed by atoms with E-state index in [4.69, 9.17) is 16.7 Å². The number of aryl methyl sites for hydroxylation is 1. The quantitative estimate of drug-likeness (QED) is 0.658. The first-order valence-electron chi connectivity index (χ1n) is 9.54. The van der Waals surface area contributed by atoms with Crippen LogP contribution in [0.2, 0.25) is 5.02 Å². The molecular weight excluding hydrogens is 370 g/mol. The summed E-state index contributed by atoms with van der Waals surface area (Å²) in [6.07, 6.45) is 1.80. The van der Waals surface area contributed by atoms with E-state index < -0.39 is 0 Å². The number of benzene rings is 2. The number of hydrogen-bond acceptors (Lipinski definition) is 2. The molecule has 3 aromatic rings. The zero-order valence-electron chi connectivity index (χ0n) is 16.4. The molecule has 144 valence electrons. The number of halogens is 1. The summed E-state index contributed by atoms with van der Waals surface area (Å²) in [5.74, 6) is -0.0859. The Hall–Kier alpha value is -2.59. The molecule has 4 rings (SSSR count). The maximum Gasteiger partial charge on any atom is 0.251 e. The lowest BCUT2D eigenvalue weighted by Gasteiger charge is -2.36. The molecule has 1 aliphatic rings. The third-order valence-electron chi connectivity index (χ3n) is 5.37. The maximum absolute atomic E-state index is 12.9. The predicted octanol–water partition coefficient (Wildman–Crippen LogP) is 5.28. The molecule has 1 N–H and O–H groups in total. The van der Waals surface area contributed by atoms with E-state index in [1.165, 1.54) is 5.69 Å². The Labute approximate surface area is 170 Å². The van der Waals surface area contributed by atoms with Gasteiger partial charge in [-0.2, -0.15) is 5.10 Å². The van der Waals surface area contributed by atoms with Gasteiger partial charge < -0.3 is 5.32 Å². The van der Waals surface area contributed by atoms with Gasteiger partial charge in [-0.1, -0.05) is 43.6 Å². The van der Waals surface area contributed by atoms with Crippen molar-refractivity contribution in [1.82, 2.24) is 15.1 Å². The Morgan fingerprint density at radius 1 is 1.14 bits per heavy atom. The van der Waals surface area contributed by atoms with E-state index in [0.29, 0.717) is 10.6 Å². The summed E-state index contributed by atoms with van der Waals surface area (Å²) in [5.41, 5.74) is 5.02. The van der Waals surface area contributed by atoms with Gasteiger partial charge in [0.25, 0.3) is 5.91 Å². The Balaban J connectivity index is 1.72. The molecule has 0 radical (unpaired) electrons. The molecule has 0 saturated carbocycles. The molecule has 28 heavy (non-hydrogen) atoms. The molecule has 0 bridgehead atoms. The van der Waals surface area contributed by atoms with Crippen molar-refractivity contribution < 1.29 is 4.79 Å². The van der Waals surface area contributed by atoms with E-state index in [2.05, 4.69) is 31.3 Å². The van der Waals surface area contributed by atoms with Gasteiger partial charge in [0.2, 0.25) is 0 Å². The molecule has 4 nitrogen and oxygen atoms in total. The van der Waals surface area contributed by atoms with Gasteiger partial charge in [0.05, 0.1) is 23.1 Å². The molecule has 1 aliphatic carbocycles. The standard InChI is InChI=1S/C23H24ClN3O/c1-15-21-19(25-22(28)16-9-11-17(24)12-10-16)13-23(2,3)14-20(21)27(26-15)18-7-5-4-6-8-18/h4-12,19H,13-14H2,1-3H3,(H,25,28). The number of amides is 1. The van der Waals surface area contributed by atoms with Gasteiger partial charge in [0.1, 0.15) is 0 Å². The summed E-state index contributed by atoms with van der Waals surface area (Å²) < 4.78 is 2.03. The first-order valence-corrected chi connectivity index (χ1v) is 9.92. The van der Waals surface area contributed by atoms with Crippen molar-refractivity contribution in [1.29, 1.82) is 0 Å². The summed E-state index contributed by atoms with van der Waals surface area (Å²) in [6, 6.07) is 17.1. The van der Waals surface area contributed by atoms with Crippen LogP contribution in [0.4, 0.5) is 0 Å². The zero-order chi connectivity index (χ0) is 19.9. The first kappa shape index (κ1) is 18.8. The van der Waals surface area contributed by atoms with Crippen molar-refractivity contribution in [3.63, 3.8) is 0 Å². The van der Waals surface area contributed by atoms with Crippen LogP contribution in [-0.4, -0.2) is 15.7 Å². The Morgan fingerprint density at radius 2 is 1.82 bits per heavy atom. The number of carbonyl (C=O) groups is 1. The molecule has 1 atom stereocenters. The van der Waals surface area contributed by atoms with Crippen LogP contribution in [-0.2, 0) is 6.42 Å². The molecule has 1 unspecified atom stereocenters. The predicted molar refractivity (Wildman–Crippen MR) is 112 cm³/mol. The van der Waals surface area contributed by atoms with E-state index >= 15 is 0 Å². The lowest BCUT2D eigenvalue weighted by molar-refractivity contribution is 0.0919. The van der Waals surface area contributed by atoms with Gasteiger partial charge in [0.15, 0.2) is 0 Å². The van der Waals surface area contributed by atoms with Crippen LogP contribution in [0.15, 0.2) is 54.6 Å². The van der Waals surface area contributed by atoms with Gasteiger partial charge in [-0.15, -0.1) is 0 Å². The second-order valence-electron chi connectivity index (χ2n) is 8.27. The summed E-state index contributed by atoms with van der Waals surface area (Å²) in [4.78, 5) is 12.9. The van der Waals surface area contributed by atoms with Crippen LogP contribution in [0.25, 0.3) is 5.69 Å². The number of aromatic nitrogens is 2. The fraction of sp³-hybridized carbons (Fsp3) is 0.304. The lowest BCUT2D eigenvalue weighted by Crippen LogP contribution is -2.37. The van der Waals surface area contributed by atoms with Crippen LogP contribution in [0.5, 0.6) is 0 Å². The molecular formula is C23H24ClN3O. The van der Waals surface area contributed by atoms with Gasteiger partial charge >= 0.3 is 0 Å². The number of nitrogens with one attached hydrogen (secondary N) is 1. The molecule has 1 heterocycles. The topological polar surface area (TPSA) is 46.9 Å². The second kappa shape index (κ2) is 7.10. The Bertz CT molecular complexity index is 1010. The van der Waals surface area contributed by atoms with Crippen molar-refractivity contribution in [3.05, 3.63) is 82.1 Å².